The summed E-state index contributed by atoms with van der Waals surface area (Å²) in [5.74, 6) is 0.879. The molecule has 0 spiro atoms. The molecule has 0 unspecified atom stereocenters. The Morgan fingerprint density at radius 1 is 0.781 bits per heavy atom. The summed E-state index contributed by atoms with van der Waals surface area (Å²) in [7, 11) is 5.90. The van der Waals surface area contributed by atoms with Crippen LogP contribution in [0.4, 0.5) is 5.69 Å². The van der Waals surface area contributed by atoms with Crippen molar-refractivity contribution in [2.75, 3.05) is 26.1 Å². The zero-order valence-corrected chi connectivity index (χ0v) is 19.0. The van der Waals surface area contributed by atoms with E-state index in [1.165, 1.54) is 22.4 Å². The quantitative estimate of drug-likeness (QED) is 0.371. The van der Waals surface area contributed by atoms with Crippen LogP contribution in [0.5, 0.6) is 5.75 Å². The predicted molar refractivity (Wildman–Crippen MR) is 130 cm³/mol. The molecule has 3 aromatic carbocycles. The number of ether oxygens (including phenoxy) is 1. The molecule has 5 heteroatoms. The molecule has 0 amide bonds. The Morgan fingerprint density at radius 3 is 2.16 bits per heavy atom. The monoisotopic (exact) mass is 426 g/mol. The molecule has 0 saturated carbocycles. The number of methoxy groups -OCH3 is 1. The summed E-state index contributed by atoms with van der Waals surface area (Å²) in [5.41, 5.74) is 6.01. The minimum atomic E-state index is 0.788. The summed E-state index contributed by atoms with van der Waals surface area (Å²) in [6.45, 7) is 2.51. The topological polar surface area (TPSA) is 33.5 Å². The van der Waals surface area contributed by atoms with Crippen molar-refractivity contribution in [3.05, 3.63) is 108 Å². The summed E-state index contributed by atoms with van der Waals surface area (Å²) < 4.78 is 7.33. The number of aromatic nitrogens is 2. The van der Waals surface area contributed by atoms with Crippen molar-refractivity contribution >= 4 is 5.69 Å². The number of hydrogen-bond donors (Lipinski definition) is 0. The standard InChI is InChI=1S/C27H30N4O/c1-29(2)19-22-11-13-25(14-12-22)30(21-24-8-5-10-27(18-24)32-3)20-23-7-4-9-26(17-23)31-16-6-15-28-31/h4-18H,19-21H2,1-3H3. The second-order valence-electron chi connectivity index (χ2n) is 8.23. The van der Waals surface area contributed by atoms with Crippen LogP contribution in [-0.4, -0.2) is 35.9 Å². The molecule has 4 aromatic rings. The highest BCUT2D eigenvalue weighted by Crippen LogP contribution is 2.24. The average Bonchev–Trinajstić information content (AvgIpc) is 3.34. The molecule has 0 saturated heterocycles. The number of rotatable bonds is 9. The van der Waals surface area contributed by atoms with Gasteiger partial charge < -0.3 is 14.5 Å². The van der Waals surface area contributed by atoms with Crippen LogP contribution in [0.15, 0.2) is 91.3 Å². The van der Waals surface area contributed by atoms with Gasteiger partial charge in [-0.25, -0.2) is 4.68 Å². The number of hydrogen-bond acceptors (Lipinski definition) is 4. The van der Waals surface area contributed by atoms with Crippen LogP contribution in [0, 0.1) is 0 Å². The maximum absolute atomic E-state index is 5.44. The minimum absolute atomic E-state index is 0.788. The lowest BCUT2D eigenvalue weighted by Crippen LogP contribution is -2.22. The van der Waals surface area contributed by atoms with E-state index in [-0.39, 0.29) is 0 Å². The van der Waals surface area contributed by atoms with Gasteiger partial charge in [-0.1, -0.05) is 36.4 Å². The molecule has 0 aliphatic heterocycles. The fraction of sp³-hybridized carbons (Fsp3) is 0.222. The molecule has 0 N–H and O–H groups in total. The molecule has 0 aliphatic carbocycles. The number of benzene rings is 3. The minimum Gasteiger partial charge on any atom is -0.497 e. The summed E-state index contributed by atoms with van der Waals surface area (Å²) in [4.78, 5) is 4.58. The van der Waals surface area contributed by atoms with E-state index in [0.29, 0.717) is 0 Å². The van der Waals surface area contributed by atoms with Gasteiger partial charge in [-0.05, 0) is 73.3 Å². The first-order valence-corrected chi connectivity index (χ1v) is 10.8. The van der Waals surface area contributed by atoms with Crippen LogP contribution in [0.1, 0.15) is 16.7 Å². The lowest BCUT2D eigenvalue weighted by molar-refractivity contribution is 0.402. The first kappa shape index (κ1) is 21.7. The van der Waals surface area contributed by atoms with Gasteiger partial charge in [-0.15, -0.1) is 0 Å². The van der Waals surface area contributed by atoms with Crippen LogP contribution < -0.4 is 9.64 Å². The largest absolute Gasteiger partial charge is 0.497 e. The van der Waals surface area contributed by atoms with Gasteiger partial charge in [0.15, 0.2) is 0 Å². The van der Waals surface area contributed by atoms with Crippen molar-refractivity contribution in [2.24, 2.45) is 0 Å². The van der Waals surface area contributed by atoms with E-state index < -0.39 is 0 Å². The first-order chi connectivity index (χ1) is 15.6. The lowest BCUT2D eigenvalue weighted by atomic mass is 10.1. The van der Waals surface area contributed by atoms with Gasteiger partial charge in [-0.3, -0.25) is 0 Å². The fourth-order valence-electron chi connectivity index (χ4n) is 3.85. The third kappa shape index (κ3) is 5.56. The predicted octanol–water partition coefficient (Wildman–Crippen LogP) is 5.15. The van der Waals surface area contributed by atoms with Crippen molar-refractivity contribution in [1.29, 1.82) is 0 Å². The van der Waals surface area contributed by atoms with Crippen LogP contribution in [0.2, 0.25) is 0 Å². The van der Waals surface area contributed by atoms with Crippen LogP contribution >= 0.6 is 0 Å². The molecule has 5 nitrogen and oxygen atoms in total. The van der Waals surface area contributed by atoms with Gasteiger partial charge in [0.05, 0.1) is 12.8 Å². The Hall–Kier alpha value is -3.57. The molecule has 0 atom stereocenters. The van der Waals surface area contributed by atoms with Gasteiger partial charge >= 0.3 is 0 Å². The second-order valence-corrected chi connectivity index (χ2v) is 8.23. The maximum Gasteiger partial charge on any atom is 0.119 e. The highest BCUT2D eigenvalue weighted by molar-refractivity contribution is 5.50. The SMILES string of the molecule is COc1cccc(CN(Cc2cccc(-n3cccn3)c2)c2ccc(CN(C)C)cc2)c1. The normalized spacial score (nSPS) is 11.0. The van der Waals surface area contributed by atoms with E-state index in [2.05, 4.69) is 89.7 Å². The molecule has 4 rings (SSSR count). The summed E-state index contributed by atoms with van der Waals surface area (Å²) in [6, 6.07) is 27.6. The Balaban J connectivity index is 1.62. The zero-order chi connectivity index (χ0) is 22.3. The molecule has 164 valence electrons. The van der Waals surface area contributed by atoms with Crippen LogP contribution in [0.25, 0.3) is 5.69 Å². The highest BCUT2D eigenvalue weighted by Gasteiger charge is 2.11. The van der Waals surface area contributed by atoms with E-state index in [9.17, 15) is 0 Å². The molecule has 0 aliphatic rings. The Bertz CT molecular complexity index is 1120. The summed E-state index contributed by atoms with van der Waals surface area (Å²) in [6.07, 6.45) is 3.77. The van der Waals surface area contributed by atoms with Crippen molar-refractivity contribution < 1.29 is 4.74 Å². The Labute approximate surface area is 190 Å². The molecule has 0 fully saturated rings. The molecular weight excluding hydrogens is 396 g/mol. The summed E-state index contributed by atoms with van der Waals surface area (Å²) >= 11 is 0. The van der Waals surface area contributed by atoms with E-state index in [1.54, 1.807) is 13.3 Å². The van der Waals surface area contributed by atoms with Crippen LogP contribution in [0.3, 0.4) is 0 Å². The van der Waals surface area contributed by atoms with Gasteiger partial charge in [0.1, 0.15) is 5.75 Å². The highest BCUT2D eigenvalue weighted by atomic mass is 16.5. The zero-order valence-electron chi connectivity index (χ0n) is 19.0. The van der Waals surface area contributed by atoms with Crippen molar-refractivity contribution in [3.63, 3.8) is 0 Å². The Morgan fingerprint density at radius 2 is 1.50 bits per heavy atom. The van der Waals surface area contributed by atoms with Gasteiger partial charge in [0.2, 0.25) is 0 Å². The average molecular weight is 427 g/mol. The number of nitrogens with zero attached hydrogens (tertiary/aromatic N) is 4. The van der Waals surface area contributed by atoms with Gasteiger partial charge in [0.25, 0.3) is 0 Å². The second kappa shape index (κ2) is 10.2. The number of anilines is 1. The smallest absolute Gasteiger partial charge is 0.119 e. The van der Waals surface area contributed by atoms with Crippen LogP contribution in [-0.2, 0) is 19.6 Å². The maximum atomic E-state index is 5.44. The third-order valence-electron chi connectivity index (χ3n) is 5.36. The third-order valence-corrected chi connectivity index (χ3v) is 5.36. The molecule has 1 aromatic heterocycles. The Kier molecular flexibility index (Phi) is 6.87. The van der Waals surface area contributed by atoms with Crippen molar-refractivity contribution in [2.45, 2.75) is 19.6 Å². The lowest BCUT2D eigenvalue weighted by Gasteiger charge is -2.26. The molecule has 0 bridgehead atoms. The van der Waals surface area contributed by atoms with Gasteiger partial charge in [0, 0.05) is 37.7 Å². The molecule has 32 heavy (non-hydrogen) atoms. The molecular formula is C27H30N4O. The first-order valence-electron chi connectivity index (χ1n) is 10.8. The molecule has 0 radical (unpaired) electrons. The summed E-state index contributed by atoms with van der Waals surface area (Å²) in [5, 5.41) is 4.37. The van der Waals surface area contributed by atoms with Crippen molar-refractivity contribution in [3.8, 4) is 11.4 Å². The van der Waals surface area contributed by atoms with E-state index in [4.69, 9.17) is 4.74 Å². The van der Waals surface area contributed by atoms with Gasteiger partial charge in [-0.2, -0.15) is 5.10 Å². The molecule has 1 heterocycles. The fourth-order valence-corrected chi connectivity index (χ4v) is 3.85. The van der Waals surface area contributed by atoms with E-state index >= 15 is 0 Å². The van der Waals surface area contributed by atoms with E-state index in [0.717, 1.165) is 31.1 Å². The van der Waals surface area contributed by atoms with Crippen molar-refractivity contribution in [1.82, 2.24) is 14.7 Å². The van der Waals surface area contributed by atoms with E-state index in [1.807, 2.05) is 29.1 Å².